The maximum atomic E-state index is 12.5. The van der Waals surface area contributed by atoms with Crippen molar-refractivity contribution in [3.8, 4) is 11.4 Å². The van der Waals surface area contributed by atoms with Gasteiger partial charge in [0.25, 0.3) is 0 Å². The van der Waals surface area contributed by atoms with Crippen molar-refractivity contribution in [2.75, 3.05) is 12.9 Å². The molecule has 25 heavy (non-hydrogen) atoms. The molecule has 3 aromatic rings. The summed E-state index contributed by atoms with van der Waals surface area (Å²) in [7, 11) is 1.56. The summed E-state index contributed by atoms with van der Waals surface area (Å²) in [6, 6.07) is 13.2. The average Bonchev–Trinajstić information content (AvgIpc) is 3.07. The molecule has 7 heteroatoms. The molecule has 0 aliphatic heterocycles. The zero-order chi connectivity index (χ0) is 17.8. The summed E-state index contributed by atoms with van der Waals surface area (Å²) in [4.78, 5) is 12.5. The highest BCUT2D eigenvalue weighted by Crippen LogP contribution is 2.25. The van der Waals surface area contributed by atoms with E-state index >= 15 is 0 Å². The molecule has 0 aliphatic carbocycles. The molecular formula is C18H18N4O2S. The summed E-state index contributed by atoms with van der Waals surface area (Å²) in [6.07, 6.45) is 0. The predicted molar refractivity (Wildman–Crippen MR) is 96.7 cm³/mol. The van der Waals surface area contributed by atoms with Crippen LogP contribution in [0.25, 0.3) is 5.69 Å². The van der Waals surface area contributed by atoms with Gasteiger partial charge >= 0.3 is 0 Å². The van der Waals surface area contributed by atoms with Crippen molar-refractivity contribution in [1.82, 2.24) is 20.2 Å². The molecule has 128 valence electrons. The summed E-state index contributed by atoms with van der Waals surface area (Å²) in [5.74, 6) is 0.770. The minimum Gasteiger partial charge on any atom is -0.496 e. The molecule has 3 rings (SSSR count). The predicted octanol–water partition coefficient (Wildman–Crippen LogP) is 3.26. The maximum Gasteiger partial charge on any atom is 0.214 e. The first-order valence-corrected chi connectivity index (χ1v) is 8.74. The second kappa shape index (κ2) is 7.48. The second-order valence-corrected chi connectivity index (χ2v) is 6.47. The molecule has 0 unspecified atom stereocenters. The van der Waals surface area contributed by atoms with Crippen LogP contribution in [0.4, 0.5) is 0 Å². The molecule has 0 atom stereocenters. The van der Waals surface area contributed by atoms with E-state index in [-0.39, 0.29) is 11.5 Å². The number of carbonyl (C=O) groups is 1. The number of aryl methyl sites for hydroxylation is 2. The summed E-state index contributed by atoms with van der Waals surface area (Å²) in [5.41, 5.74) is 3.65. The van der Waals surface area contributed by atoms with Crippen molar-refractivity contribution >= 4 is 17.5 Å². The highest BCUT2D eigenvalue weighted by atomic mass is 32.2. The van der Waals surface area contributed by atoms with Crippen LogP contribution < -0.4 is 4.74 Å². The van der Waals surface area contributed by atoms with Gasteiger partial charge in [0.2, 0.25) is 5.16 Å². The zero-order valence-electron chi connectivity index (χ0n) is 14.3. The van der Waals surface area contributed by atoms with E-state index in [1.807, 2.05) is 44.2 Å². The van der Waals surface area contributed by atoms with E-state index in [0.29, 0.717) is 16.5 Å². The third-order valence-corrected chi connectivity index (χ3v) is 4.75. The molecule has 0 N–H and O–H groups in total. The average molecular weight is 354 g/mol. The minimum atomic E-state index is -0.0292. The smallest absolute Gasteiger partial charge is 0.214 e. The number of tetrazole rings is 1. The summed E-state index contributed by atoms with van der Waals surface area (Å²) in [5, 5.41) is 12.5. The Balaban J connectivity index is 1.82. The standard InChI is InChI=1S/C18H18N4O2S/c1-12-7-6-8-13(2)17(12)22-18(19-20-21-22)25-11-15(23)14-9-4-5-10-16(14)24-3/h4-10H,11H2,1-3H3. The lowest BCUT2D eigenvalue weighted by Crippen LogP contribution is -2.08. The summed E-state index contributed by atoms with van der Waals surface area (Å²) < 4.78 is 6.94. The van der Waals surface area contributed by atoms with Gasteiger partial charge in [-0.15, -0.1) is 5.10 Å². The molecular weight excluding hydrogens is 336 g/mol. The molecule has 1 heterocycles. The van der Waals surface area contributed by atoms with Gasteiger partial charge in [0.15, 0.2) is 5.78 Å². The molecule has 0 radical (unpaired) electrons. The van der Waals surface area contributed by atoms with Gasteiger partial charge in [-0.1, -0.05) is 42.1 Å². The summed E-state index contributed by atoms with van der Waals surface area (Å²) >= 11 is 1.31. The number of Topliss-reactive ketones (excluding diaryl/α,β-unsaturated/α-hetero) is 1. The highest BCUT2D eigenvalue weighted by Gasteiger charge is 2.17. The van der Waals surface area contributed by atoms with Crippen molar-refractivity contribution < 1.29 is 9.53 Å². The fourth-order valence-corrected chi connectivity index (χ4v) is 3.39. The lowest BCUT2D eigenvalue weighted by atomic mass is 10.1. The highest BCUT2D eigenvalue weighted by molar-refractivity contribution is 7.99. The van der Waals surface area contributed by atoms with Crippen molar-refractivity contribution in [1.29, 1.82) is 0 Å². The molecule has 0 amide bonds. The largest absolute Gasteiger partial charge is 0.496 e. The van der Waals surface area contributed by atoms with Gasteiger partial charge in [0.1, 0.15) is 5.75 Å². The molecule has 0 saturated heterocycles. The van der Waals surface area contributed by atoms with Crippen LogP contribution in [0, 0.1) is 13.8 Å². The number of nitrogens with zero attached hydrogens (tertiary/aromatic N) is 4. The van der Waals surface area contributed by atoms with Crippen molar-refractivity contribution in [2.45, 2.75) is 19.0 Å². The molecule has 0 aliphatic rings. The van der Waals surface area contributed by atoms with E-state index < -0.39 is 0 Å². The Kier molecular flexibility index (Phi) is 5.14. The maximum absolute atomic E-state index is 12.5. The van der Waals surface area contributed by atoms with Crippen LogP contribution in [-0.2, 0) is 0 Å². The van der Waals surface area contributed by atoms with Crippen LogP contribution in [-0.4, -0.2) is 38.9 Å². The van der Waals surface area contributed by atoms with E-state index in [2.05, 4.69) is 15.5 Å². The molecule has 1 aromatic heterocycles. The topological polar surface area (TPSA) is 69.9 Å². The molecule has 0 saturated carbocycles. The number of rotatable bonds is 6. The monoisotopic (exact) mass is 354 g/mol. The molecule has 0 fully saturated rings. The van der Waals surface area contributed by atoms with Gasteiger partial charge in [-0.05, 0) is 47.5 Å². The Morgan fingerprint density at radius 3 is 2.56 bits per heavy atom. The number of hydrogen-bond donors (Lipinski definition) is 0. The third kappa shape index (κ3) is 3.56. The second-order valence-electron chi connectivity index (χ2n) is 5.53. The van der Waals surface area contributed by atoms with Crippen LogP contribution in [0.15, 0.2) is 47.6 Å². The number of hydrogen-bond acceptors (Lipinski definition) is 6. The number of aromatic nitrogens is 4. The fraction of sp³-hybridized carbons (Fsp3) is 0.222. The Hall–Kier alpha value is -2.67. The van der Waals surface area contributed by atoms with E-state index in [1.165, 1.54) is 11.8 Å². The molecule has 0 bridgehead atoms. The molecule has 0 spiro atoms. The number of benzene rings is 2. The minimum absolute atomic E-state index is 0.0292. The Bertz CT molecular complexity index is 887. The first-order chi connectivity index (χ1) is 12.1. The Morgan fingerprint density at radius 2 is 1.84 bits per heavy atom. The van der Waals surface area contributed by atoms with Crippen molar-refractivity contribution in [2.24, 2.45) is 0 Å². The zero-order valence-corrected chi connectivity index (χ0v) is 15.1. The first-order valence-electron chi connectivity index (χ1n) is 7.76. The Labute approximate surface area is 150 Å². The van der Waals surface area contributed by atoms with E-state index in [0.717, 1.165) is 16.8 Å². The third-order valence-electron chi connectivity index (χ3n) is 3.83. The van der Waals surface area contributed by atoms with Crippen LogP contribution in [0.5, 0.6) is 5.75 Å². The van der Waals surface area contributed by atoms with E-state index in [4.69, 9.17) is 4.74 Å². The number of methoxy groups -OCH3 is 1. The van der Waals surface area contributed by atoms with Crippen LogP contribution >= 0.6 is 11.8 Å². The fourth-order valence-electron chi connectivity index (χ4n) is 2.63. The molecule has 6 nitrogen and oxygen atoms in total. The normalized spacial score (nSPS) is 10.7. The van der Waals surface area contributed by atoms with Crippen LogP contribution in [0.1, 0.15) is 21.5 Å². The number of ether oxygens (including phenoxy) is 1. The number of thioether (sulfide) groups is 1. The van der Waals surface area contributed by atoms with Crippen molar-refractivity contribution in [3.05, 3.63) is 59.2 Å². The van der Waals surface area contributed by atoms with E-state index in [9.17, 15) is 4.79 Å². The van der Waals surface area contributed by atoms with Crippen LogP contribution in [0.3, 0.4) is 0 Å². The number of carbonyl (C=O) groups excluding carboxylic acids is 1. The van der Waals surface area contributed by atoms with Gasteiger partial charge in [-0.2, -0.15) is 4.68 Å². The lowest BCUT2D eigenvalue weighted by molar-refractivity contribution is 0.101. The van der Waals surface area contributed by atoms with Gasteiger partial charge in [0, 0.05) is 0 Å². The number of ketones is 1. The summed E-state index contributed by atoms with van der Waals surface area (Å²) in [6.45, 7) is 4.02. The van der Waals surface area contributed by atoms with Crippen LogP contribution in [0.2, 0.25) is 0 Å². The van der Waals surface area contributed by atoms with Gasteiger partial charge in [0.05, 0.1) is 24.1 Å². The van der Waals surface area contributed by atoms with Gasteiger partial charge in [-0.3, -0.25) is 4.79 Å². The van der Waals surface area contributed by atoms with Gasteiger partial charge in [-0.25, -0.2) is 0 Å². The lowest BCUT2D eigenvalue weighted by Gasteiger charge is -2.10. The first kappa shape index (κ1) is 17.2. The quantitative estimate of drug-likeness (QED) is 0.500. The SMILES string of the molecule is COc1ccccc1C(=O)CSc1nnnn1-c1c(C)cccc1C. The van der Waals surface area contributed by atoms with Gasteiger partial charge < -0.3 is 4.74 Å². The Morgan fingerprint density at radius 1 is 1.12 bits per heavy atom. The number of para-hydroxylation sites is 2. The van der Waals surface area contributed by atoms with E-state index in [1.54, 1.807) is 23.9 Å². The van der Waals surface area contributed by atoms with Crippen molar-refractivity contribution in [3.63, 3.8) is 0 Å². The molecule has 2 aromatic carbocycles.